The van der Waals surface area contributed by atoms with E-state index in [2.05, 4.69) is 11.9 Å². The normalized spacial score (nSPS) is 28.1. The molecule has 1 unspecified atom stereocenters. The summed E-state index contributed by atoms with van der Waals surface area (Å²) in [6.45, 7) is 2.05. The van der Waals surface area contributed by atoms with E-state index in [1.807, 2.05) is 11.9 Å². The third-order valence-electron chi connectivity index (χ3n) is 4.17. The number of carbonyl (C=O) groups excluding carboxylic acids is 1. The molecular formula is C13H24N2O. The van der Waals surface area contributed by atoms with Gasteiger partial charge in [0, 0.05) is 32.6 Å². The SMILES string of the molecule is CN1CC(CN(C)C2CCCCC2)CC1=O. The van der Waals surface area contributed by atoms with Gasteiger partial charge in [0.15, 0.2) is 0 Å². The van der Waals surface area contributed by atoms with Crippen LogP contribution in [0.2, 0.25) is 0 Å². The van der Waals surface area contributed by atoms with Crippen molar-refractivity contribution < 1.29 is 4.79 Å². The monoisotopic (exact) mass is 224 g/mol. The van der Waals surface area contributed by atoms with Gasteiger partial charge in [0.05, 0.1) is 0 Å². The van der Waals surface area contributed by atoms with Crippen LogP contribution in [-0.2, 0) is 4.79 Å². The van der Waals surface area contributed by atoms with Crippen LogP contribution in [-0.4, -0.2) is 48.9 Å². The number of carbonyl (C=O) groups is 1. The highest BCUT2D eigenvalue weighted by molar-refractivity contribution is 5.78. The Hall–Kier alpha value is -0.570. The highest BCUT2D eigenvalue weighted by Crippen LogP contribution is 2.24. The molecule has 0 radical (unpaired) electrons. The first kappa shape index (κ1) is 11.9. The lowest BCUT2D eigenvalue weighted by atomic mass is 9.93. The number of hydrogen-bond donors (Lipinski definition) is 0. The van der Waals surface area contributed by atoms with Gasteiger partial charge in [-0.25, -0.2) is 0 Å². The molecule has 0 N–H and O–H groups in total. The smallest absolute Gasteiger partial charge is 0.222 e. The van der Waals surface area contributed by atoms with E-state index < -0.39 is 0 Å². The zero-order valence-corrected chi connectivity index (χ0v) is 10.6. The summed E-state index contributed by atoms with van der Waals surface area (Å²) in [6, 6.07) is 0.773. The fourth-order valence-electron chi connectivity index (χ4n) is 3.16. The Kier molecular flexibility index (Phi) is 3.85. The van der Waals surface area contributed by atoms with Crippen LogP contribution >= 0.6 is 0 Å². The lowest BCUT2D eigenvalue weighted by Gasteiger charge is -2.32. The van der Waals surface area contributed by atoms with Crippen molar-refractivity contribution in [2.24, 2.45) is 5.92 Å². The molecule has 16 heavy (non-hydrogen) atoms. The van der Waals surface area contributed by atoms with E-state index in [1.165, 1.54) is 32.1 Å². The summed E-state index contributed by atoms with van der Waals surface area (Å²) < 4.78 is 0. The van der Waals surface area contributed by atoms with Gasteiger partial charge in [-0.3, -0.25) is 4.79 Å². The Morgan fingerprint density at radius 3 is 2.56 bits per heavy atom. The van der Waals surface area contributed by atoms with E-state index in [0.717, 1.165) is 25.6 Å². The van der Waals surface area contributed by atoms with Crippen molar-refractivity contribution in [1.82, 2.24) is 9.80 Å². The van der Waals surface area contributed by atoms with Crippen molar-refractivity contribution >= 4 is 5.91 Å². The van der Waals surface area contributed by atoms with E-state index in [1.54, 1.807) is 0 Å². The van der Waals surface area contributed by atoms with Crippen molar-refractivity contribution in [1.29, 1.82) is 0 Å². The molecule has 0 spiro atoms. The largest absolute Gasteiger partial charge is 0.345 e. The molecule has 1 aliphatic carbocycles. The minimum absolute atomic E-state index is 0.321. The quantitative estimate of drug-likeness (QED) is 0.729. The van der Waals surface area contributed by atoms with E-state index in [-0.39, 0.29) is 0 Å². The summed E-state index contributed by atoms with van der Waals surface area (Å²) in [5.74, 6) is 0.881. The molecule has 2 aliphatic rings. The summed E-state index contributed by atoms with van der Waals surface area (Å²) in [5, 5.41) is 0. The number of amides is 1. The van der Waals surface area contributed by atoms with Crippen LogP contribution in [0.15, 0.2) is 0 Å². The van der Waals surface area contributed by atoms with Crippen LogP contribution in [0.5, 0.6) is 0 Å². The highest BCUT2D eigenvalue weighted by atomic mass is 16.2. The van der Waals surface area contributed by atoms with Crippen LogP contribution in [0.25, 0.3) is 0 Å². The molecule has 2 rings (SSSR count). The second-order valence-corrected chi connectivity index (χ2v) is 5.58. The first-order chi connectivity index (χ1) is 7.66. The average Bonchev–Trinajstić information content (AvgIpc) is 2.59. The van der Waals surface area contributed by atoms with Gasteiger partial charge in [-0.15, -0.1) is 0 Å². The fourth-order valence-corrected chi connectivity index (χ4v) is 3.16. The first-order valence-electron chi connectivity index (χ1n) is 6.61. The summed E-state index contributed by atoms with van der Waals surface area (Å²) in [5.41, 5.74) is 0. The van der Waals surface area contributed by atoms with Gasteiger partial charge in [0.25, 0.3) is 0 Å². The topological polar surface area (TPSA) is 23.6 Å². The van der Waals surface area contributed by atoms with Crippen molar-refractivity contribution in [2.75, 3.05) is 27.2 Å². The maximum atomic E-state index is 11.4. The van der Waals surface area contributed by atoms with Gasteiger partial charge in [-0.1, -0.05) is 19.3 Å². The van der Waals surface area contributed by atoms with E-state index in [9.17, 15) is 4.79 Å². The van der Waals surface area contributed by atoms with Crippen LogP contribution in [0.3, 0.4) is 0 Å². The first-order valence-corrected chi connectivity index (χ1v) is 6.61. The zero-order valence-electron chi connectivity index (χ0n) is 10.6. The summed E-state index contributed by atoms with van der Waals surface area (Å²) in [6.07, 6.45) is 7.65. The summed E-state index contributed by atoms with van der Waals surface area (Å²) in [4.78, 5) is 15.8. The number of nitrogens with zero attached hydrogens (tertiary/aromatic N) is 2. The molecule has 1 saturated carbocycles. The summed E-state index contributed by atoms with van der Waals surface area (Å²) >= 11 is 0. The molecule has 0 aromatic heterocycles. The predicted octanol–water partition coefficient (Wildman–Crippen LogP) is 1.73. The maximum absolute atomic E-state index is 11.4. The molecule has 1 heterocycles. The average molecular weight is 224 g/mol. The molecule has 92 valence electrons. The number of likely N-dealkylation sites (tertiary alicyclic amines) is 1. The zero-order chi connectivity index (χ0) is 11.5. The fraction of sp³-hybridized carbons (Fsp3) is 0.923. The third kappa shape index (κ3) is 2.76. The lowest BCUT2D eigenvalue weighted by molar-refractivity contribution is -0.126. The second kappa shape index (κ2) is 5.17. The molecule has 1 saturated heterocycles. The standard InChI is InChI=1S/C13H24N2O/c1-14(12-6-4-3-5-7-12)9-11-8-13(16)15(2)10-11/h11-12H,3-10H2,1-2H3. The molecule has 1 aliphatic heterocycles. The molecule has 2 fully saturated rings. The van der Waals surface area contributed by atoms with Crippen LogP contribution < -0.4 is 0 Å². The van der Waals surface area contributed by atoms with E-state index in [4.69, 9.17) is 0 Å². The van der Waals surface area contributed by atoms with Gasteiger partial charge in [-0.05, 0) is 25.8 Å². The van der Waals surface area contributed by atoms with Crippen molar-refractivity contribution in [3.63, 3.8) is 0 Å². The Bertz CT molecular complexity index is 248. The Morgan fingerprint density at radius 1 is 1.31 bits per heavy atom. The van der Waals surface area contributed by atoms with Crippen molar-refractivity contribution in [3.05, 3.63) is 0 Å². The minimum Gasteiger partial charge on any atom is -0.345 e. The molecule has 0 aromatic carbocycles. The molecule has 1 atom stereocenters. The van der Waals surface area contributed by atoms with Gasteiger partial charge in [-0.2, -0.15) is 0 Å². The van der Waals surface area contributed by atoms with Gasteiger partial charge >= 0.3 is 0 Å². The van der Waals surface area contributed by atoms with Crippen molar-refractivity contribution in [3.8, 4) is 0 Å². The molecule has 3 nitrogen and oxygen atoms in total. The van der Waals surface area contributed by atoms with Crippen molar-refractivity contribution in [2.45, 2.75) is 44.6 Å². The summed E-state index contributed by atoms with van der Waals surface area (Å²) in [7, 11) is 4.15. The molecule has 3 heteroatoms. The third-order valence-corrected chi connectivity index (χ3v) is 4.17. The van der Waals surface area contributed by atoms with Gasteiger partial charge < -0.3 is 9.80 Å². The Balaban J connectivity index is 1.78. The highest BCUT2D eigenvalue weighted by Gasteiger charge is 2.29. The molecule has 0 bridgehead atoms. The lowest BCUT2D eigenvalue weighted by Crippen LogP contribution is -2.37. The number of rotatable bonds is 3. The van der Waals surface area contributed by atoms with Crippen LogP contribution in [0.1, 0.15) is 38.5 Å². The van der Waals surface area contributed by atoms with E-state index >= 15 is 0 Å². The molecular weight excluding hydrogens is 200 g/mol. The minimum atomic E-state index is 0.321. The maximum Gasteiger partial charge on any atom is 0.222 e. The Morgan fingerprint density at radius 2 is 2.00 bits per heavy atom. The Labute approximate surface area is 98.8 Å². The van der Waals surface area contributed by atoms with Gasteiger partial charge in [0.1, 0.15) is 0 Å². The molecule has 1 amide bonds. The molecule has 0 aromatic rings. The second-order valence-electron chi connectivity index (χ2n) is 5.58. The van der Waals surface area contributed by atoms with E-state index in [0.29, 0.717) is 11.8 Å². The predicted molar refractivity (Wildman–Crippen MR) is 65.2 cm³/mol. The number of hydrogen-bond acceptors (Lipinski definition) is 2. The van der Waals surface area contributed by atoms with Gasteiger partial charge in [0.2, 0.25) is 5.91 Å². The van der Waals surface area contributed by atoms with Crippen LogP contribution in [0, 0.1) is 5.92 Å². The van der Waals surface area contributed by atoms with Crippen LogP contribution in [0.4, 0.5) is 0 Å².